The average molecular weight is 727 g/mol. The largest absolute Gasteiger partial charge is 0.363 e. The molecule has 230 valence electrons. The monoisotopic (exact) mass is 724 g/mol. The smallest absolute Gasteiger partial charge is 0.0595 e. The van der Waals surface area contributed by atoms with E-state index in [4.69, 9.17) is 11.6 Å². The van der Waals surface area contributed by atoms with Crippen LogP contribution in [0.15, 0.2) is 91.5 Å². The van der Waals surface area contributed by atoms with Gasteiger partial charge in [-0.1, -0.05) is 108 Å². The number of hydrogen-bond acceptors (Lipinski definition) is 2. The number of allylic oxidation sites excluding steroid dienone is 7. The lowest BCUT2D eigenvalue weighted by molar-refractivity contribution is 0.471. The Morgan fingerprint density at radius 2 is 1.51 bits per heavy atom. The fraction of sp³-hybridized carbons (Fsp3) is 0.474. The predicted molar refractivity (Wildman–Crippen MR) is 195 cm³/mol. The van der Waals surface area contributed by atoms with E-state index in [1.54, 1.807) is 0 Å². The Bertz CT molecular complexity index is 1480. The highest BCUT2D eigenvalue weighted by molar-refractivity contribution is 9.11. The molecule has 0 radical (unpaired) electrons. The van der Waals surface area contributed by atoms with Gasteiger partial charge in [0.05, 0.1) is 17.4 Å². The quantitative estimate of drug-likeness (QED) is 0.254. The first-order valence-corrected chi connectivity index (χ1v) is 18.1. The highest BCUT2D eigenvalue weighted by atomic mass is 79.9. The first kappa shape index (κ1) is 32.6. The predicted octanol–water partition coefficient (Wildman–Crippen LogP) is 12.1. The first-order chi connectivity index (χ1) is 20.5. The zero-order valence-electron chi connectivity index (χ0n) is 26.7. The lowest BCUT2D eigenvalue weighted by Gasteiger charge is -2.33. The van der Waals surface area contributed by atoms with Gasteiger partial charge in [-0.05, 0) is 104 Å². The van der Waals surface area contributed by atoms with Crippen LogP contribution in [0.3, 0.4) is 0 Å². The standard InChI is InChI=1S/C38H47Br2ClN2/c1-7-9-24-42-32(37(3,4)28-16-12-18-30(39)35(28)42)22-20-26-14-11-15-27(34(26)41)21-23-33-38(5,6)29-17-13-19-31(40)36(29)43(33)25-10-8-2/h12-13,16-23,32H,7-11,14-15,24-25H2,1-6H3/b22-20+,27-21+,33-23+. The van der Waals surface area contributed by atoms with E-state index in [1.807, 2.05) is 0 Å². The Morgan fingerprint density at radius 3 is 2.21 bits per heavy atom. The van der Waals surface area contributed by atoms with Crippen molar-refractivity contribution in [2.24, 2.45) is 0 Å². The van der Waals surface area contributed by atoms with Gasteiger partial charge in [0.2, 0.25) is 0 Å². The molecule has 2 nitrogen and oxygen atoms in total. The Morgan fingerprint density at radius 1 is 0.860 bits per heavy atom. The fourth-order valence-corrected chi connectivity index (χ4v) is 8.76. The van der Waals surface area contributed by atoms with Gasteiger partial charge in [-0.15, -0.1) is 0 Å². The number of para-hydroxylation sites is 2. The van der Waals surface area contributed by atoms with Crippen molar-refractivity contribution in [1.82, 2.24) is 0 Å². The van der Waals surface area contributed by atoms with Gasteiger partial charge in [0.25, 0.3) is 0 Å². The Labute approximate surface area is 282 Å². The van der Waals surface area contributed by atoms with Crippen LogP contribution in [0.4, 0.5) is 11.4 Å². The summed E-state index contributed by atoms with van der Waals surface area (Å²) in [6, 6.07) is 13.6. The lowest BCUT2D eigenvalue weighted by Crippen LogP contribution is -2.40. The highest BCUT2D eigenvalue weighted by Crippen LogP contribution is 2.51. The van der Waals surface area contributed by atoms with Crippen molar-refractivity contribution in [3.8, 4) is 0 Å². The zero-order chi connectivity index (χ0) is 30.9. The van der Waals surface area contributed by atoms with Crippen molar-refractivity contribution >= 4 is 54.8 Å². The Balaban J connectivity index is 1.47. The number of benzene rings is 2. The number of hydrogen-bond donors (Lipinski definition) is 0. The van der Waals surface area contributed by atoms with Crippen LogP contribution in [0, 0.1) is 0 Å². The molecule has 2 aliphatic heterocycles. The third kappa shape index (κ3) is 6.10. The van der Waals surface area contributed by atoms with Crippen LogP contribution in [0.2, 0.25) is 0 Å². The molecule has 0 N–H and O–H groups in total. The van der Waals surface area contributed by atoms with Crippen LogP contribution in [0.1, 0.15) is 97.6 Å². The van der Waals surface area contributed by atoms with E-state index in [-0.39, 0.29) is 16.9 Å². The first-order valence-electron chi connectivity index (χ1n) is 16.1. The maximum atomic E-state index is 7.22. The van der Waals surface area contributed by atoms with E-state index < -0.39 is 0 Å². The number of unbranched alkanes of at least 4 members (excludes halogenated alkanes) is 2. The molecule has 2 aromatic rings. The molecule has 3 aliphatic rings. The van der Waals surface area contributed by atoms with Crippen LogP contribution in [0.5, 0.6) is 0 Å². The second-order valence-corrected chi connectivity index (χ2v) is 15.5. The van der Waals surface area contributed by atoms with E-state index >= 15 is 0 Å². The van der Waals surface area contributed by atoms with Gasteiger partial charge in [-0.3, -0.25) is 0 Å². The molecule has 2 heterocycles. The van der Waals surface area contributed by atoms with Crippen LogP contribution in [-0.4, -0.2) is 19.1 Å². The van der Waals surface area contributed by atoms with Gasteiger partial charge in [-0.2, -0.15) is 0 Å². The second kappa shape index (κ2) is 13.3. The summed E-state index contributed by atoms with van der Waals surface area (Å²) in [5, 5.41) is 0.934. The molecule has 2 aromatic carbocycles. The molecular formula is C38H47Br2ClN2. The van der Waals surface area contributed by atoms with Crippen LogP contribution in [0.25, 0.3) is 0 Å². The minimum atomic E-state index is -0.0726. The molecule has 0 fully saturated rings. The molecule has 1 aliphatic carbocycles. The summed E-state index contributed by atoms with van der Waals surface area (Å²) < 4.78 is 2.36. The highest BCUT2D eigenvalue weighted by Gasteiger charge is 2.44. The molecule has 0 bridgehead atoms. The molecule has 5 heteroatoms. The minimum Gasteiger partial charge on any atom is -0.363 e. The maximum absolute atomic E-state index is 7.22. The van der Waals surface area contributed by atoms with Crippen molar-refractivity contribution in [3.63, 3.8) is 0 Å². The number of rotatable bonds is 9. The number of halogens is 3. The number of nitrogens with zero attached hydrogens (tertiary/aromatic N) is 2. The van der Waals surface area contributed by atoms with Crippen LogP contribution < -0.4 is 9.80 Å². The molecule has 0 spiro atoms. The Hall–Kier alpha value is -1.75. The van der Waals surface area contributed by atoms with E-state index in [0.717, 1.165) is 43.8 Å². The number of anilines is 2. The molecule has 43 heavy (non-hydrogen) atoms. The van der Waals surface area contributed by atoms with Crippen molar-refractivity contribution < 1.29 is 0 Å². The fourth-order valence-electron chi connectivity index (χ4n) is 7.27. The van der Waals surface area contributed by atoms with E-state index in [1.165, 1.54) is 67.6 Å². The van der Waals surface area contributed by atoms with Crippen molar-refractivity contribution in [3.05, 3.63) is 103 Å². The SMILES string of the molecule is CCCCN1/C(=C/C=C2\CCCC(/C=C/C3N(CCCC)c4c(Br)cccc4C3(C)C)=C2Cl)C(C)(C)c2cccc(Br)c21. The molecule has 0 saturated carbocycles. The van der Waals surface area contributed by atoms with Gasteiger partial charge in [0, 0.05) is 43.6 Å². The summed E-state index contributed by atoms with van der Waals surface area (Å²) in [5.74, 6) is 0. The molecule has 1 atom stereocenters. The van der Waals surface area contributed by atoms with Gasteiger partial charge >= 0.3 is 0 Å². The molecular weight excluding hydrogens is 680 g/mol. The second-order valence-electron chi connectivity index (χ2n) is 13.4. The van der Waals surface area contributed by atoms with Gasteiger partial charge in [0.15, 0.2) is 0 Å². The van der Waals surface area contributed by atoms with Crippen LogP contribution in [-0.2, 0) is 10.8 Å². The summed E-state index contributed by atoms with van der Waals surface area (Å²) in [6.07, 6.45) is 17.3. The Kier molecular flexibility index (Phi) is 10.1. The normalized spacial score (nSPS) is 22.8. The van der Waals surface area contributed by atoms with Crippen molar-refractivity contribution in [2.75, 3.05) is 22.9 Å². The average Bonchev–Trinajstić information content (AvgIpc) is 3.33. The zero-order valence-corrected chi connectivity index (χ0v) is 30.7. The summed E-state index contributed by atoms with van der Waals surface area (Å²) in [5.41, 5.74) is 9.28. The minimum absolute atomic E-state index is 0.00737. The third-order valence-corrected chi connectivity index (χ3v) is 11.5. The van der Waals surface area contributed by atoms with E-state index in [2.05, 4.69) is 144 Å². The maximum Gasteiger partial charge on any atom is 0.0595 e. The van der Waals surface area contributed by atoms with E-state index in [9.17, 15) is 0 Å². The summed E-state index contributed by atoms with van der Waals surface area (Å²) in [6.45, 7) is 16.1. The van der Waals surface area contributed by atoms with E-state index in [0.29, 0.717) is 0 Å². The number of fused-ring (bicyclic) bond motifs is 2. The summed E-state index contributed by atoms with van der Waals surface area (Å²) >= 11 is 15.0. The molecule has 0 saturated heterocycles. The van der Waals surface area contributed by atoms with Gasteiger partial charge < -0.3 is 9.80 Å². The molecule has 1 unspecified atom stereocenters. The third-order valence-electron chi connectivity index (χ3n) is 9.77. The van der Waals surface area contributed by atoms with Crippen LogP contribution >= 0.6 is 43.5 Å². The molecule has 0 amide bonds. The molecule has 0 aromatic heterocycles. The summed E-state index contributed by atoms with van der Waals surface area (Å²) in [4.78, 5) is 5.14. The topological polar surface area (TPSA) is 6.48 Å². The van der Waals surface area contributed by atoms with Crippen molar-refractivity contribution in [2.45, 2.75) is 103 Å². The van der Waals surface area contributed by atoms with Crippen molar-refractivity contribution in [1.29, 1.82) is 0 Å². The summed E-state index contributed by atoms with van der Waals surface area (Å²) in [7, 11) is 0. The van der Waals surface area contributed by atoms with Gasteiger partial charge in [-0.25, -0.2) is 0 Å². The lowest BCUT2D eigenvalue weighted by atomic mass is 9.80. The van der Waals surface area contributed by atoms with Gasteiger partial charge in [0.1, 0.15) is 0 Å². The molecule has 5 rings (SSSR count).